The molecule has 0 aliphatic carbocycles. The van der Waals surface area contributed by atoms with E-state index in [9.17, 15) is 4.21 Å². The largest absolute Gasteiger partial charge is 0.381 e. The van der Waals surface area contributed by atoms with E-state index in [1.807, 2.05) is 0 Å². The zero-order chi connectivity index (χ0) is 10.7. The lowest BCUT2D eigenvalue weighted by Crippen LogP contribution is -2.41. The smallest absolute Gasteiger partial charge is 0.155 e. The van der Waals surface area contributed by atoms with Gasteiger partial charge in [-0.15, -0.1) is 0 Å². The molecular weight excluding hydrogens is 216 g/mol. The fourth-order valence-corrected chi connectivity index (χ4v) is 2.99. The summed E-state index contributed by atoms with van der Waals surface area (Å²) in [4.78, 5) is 0. The number of ether oxygens (including phenoxy) is 2. The average molecular weight is 234 g/mol. The maximum atomic E-state index is 10.6. The Balaban J connectivity index is 1.82. The van der Waals surface area contributed by atoms with Crippen LogP contribution < -0.4 is 0 Å². The molecule has 2 unspecified atom stereocenters. The van der Waals surface area contributed by atoms with Crippen LogP contribution in [-0.4, -0.2) is 40.4 Å². The van der Waals surface area contributed by atoms with Gasteiger partial charge >= 0.3 is 0 Å². The highest BCUT2D eigenvalue weighted by molar-refractivity contribution is 7.79. The second-order valence-corrected chi connectivity index (χ2v) is 5.55. The van der Waals surface area contributed by atoms with Crippen LogP contribution in [0.3, 0.4) is 0 Å². The van der Waals surface area contributed by atoms with Crippen molar-refractivity contribution in [1.82, 2.24) is 0 Å². The summed E-state index contributed by atoms with van der Waals surface area (Å²) in [5, 5.41) is 0. The highest BCUT2D eigenvalue weighted by Gasteiger charge is 2.37. The van der Waals surface area contributed by atoms with Gasteiger partial charge < -0.3 is 14.0 Å². The zero-order valence-electron chi connectivity index (χ0n) is 8.81. The molecule has 15 heavy (non-hydrogen) atoms. The van der Waals surface area contributed by atoms with Gasteiger partial charge in [0.05, 0.1) is 18.5 Å². The minimum atomic E-state index is -1.73. The van der Waals surface area contributed by atoms with Crippen molar-refractivity contribution in [1.29, 1.82) is 0 Å². The molecule has 0 saturated carbocycles. The quantitative estimate of drug-likeness (QED) is 0.729. The van der Waals surface area contributed by atoms with E-state index in [4.69, 9.17) is 14.0 Å². The van der Waals surface area contributed by atoms with E-state index in [-0.39, 0.29) is 11.9 Å². The third-order valence-corrected chi connectivity index (χ3v) is 4.16. The van der Waals surface area contributed by atoms with Crippen molar-refractivity contribution in [3.8, 4) is 0 Å². The molecule has 2 rings (SSSR count). The summed E-state index contributed by atoms with van der Waals surface area (Å²) in [7, 11) is 0. The Morgan fingerprint density at radius 3 is 2.60 bits per heavy atom. The monoisotopic (exact) mass is 234 g/mol. The van der Waals surface area contributed by atoms with Crippen LogP contribution in [0.25, 0.3) is 0 Å². The summed E-state index contributed by atoms with van der Waals surface area (Å²) < 4.78 is 30.4. The van der Waals surface area contributed by atoms with Crippen LogP contribution in [0.1, 0.15) is 25.7 Å². The van der Waals surface area contributed by atoms with Crippen LogP contribution in [0.15, 0.2) is 0 Å². The highest BCUT2D eigenvalue weighted by Crippen LogP contribution is 2.39. The van der Waals surface area contributed by atoms with Crippen molar-refractivity contribution in [3.05, 3.63) is 0 Å². The van der Waals surface area contributed by atoms with E-state index in [0.29, 0.717) is 5.41 Å². The van der Waals surface area contributed by atoms with Gasteiger partial charge in [-0.05, 0) is 31.1 Å². The fourth-order valence-electron chi connectivity index (χ4n) is 2.41. The molecule has 2 saturated heterocycles. The molecule has 2 heterocycles. The van der Waals surface area contributed by atoms with Gasteiger partial charge in [0, 0.05) is 13.2 Å². The van der Waals surface area contributed by atoms with E-state index < -0.39 is 11.1 Å². The Labute approximate surface area is 92.6 Å². The van der Waals surface area contributed by atoms with E-state index in [0.717, 1.165) is 45.5 Å². The molecule has 0 aromatic rings. The standard InChI is InChI=1S/C10H18O4S/c11-15(12)7-9-1-2-10(8-14-9)3-5-13-6-4-10/h9H,1-8H2,(H,11,12). The minimum absolute atomic E-state index is 0.0238. The highest BCUT2D eigenvalue weighted by atomic mass is 32.2. The van der Waals surface area contributed by atoms with Gasteiger partial charge in [0.1, 0.15) is 0 Å². The van der Waals surface area contributed by atoms with Crippen molar-refractivity contribution >= 4 is 11.1 Å². The first-order chi connectivity index (χ1) is 7.20. The predicted octanol–water partition coefficient (Wildman–Crippen LogP) is 1.18. The molecule has 5 heteroatoms. The zero-order valence-corrected chi connectivity index (χ0v) is 9.63. The first kappa shape index (κ1) is 11.5. The normalized spacial score (nSPS) is 32.7. The Hall–Kier alpha value is 0.0300. The molecule has 0 aromatic heterocycles. The van der Waals surface area contributed by atoms with Gasteiger partial charge in [0.25, 0.3) is 0 Å². The summed E-state index contributed by atoms with van der Waals surface area (Å²) in [5.74, 6) is 0.257. The first-order valence-electron chi connectivity index (χ1n) is 5.47. The summed E-state index contributed by atoms with van der Waals surface area (Å²) in [5.41, 5.74) is 0.297. The van der Waals surface area contributed by atoms with Crippen molar-refractivity contribution in [2.45, 2.75) is 31.8 Å². The molecule has 2 fully saturated rings. The van der Waals surface area contributed by atoms with E-state index in [2.05, 4.69) is 0 Å². The second-order valence-electron chi connectivity index (χ2n) is 4.57. The first-order valence-corrected chi connectivity index (χ1v) is 6.75. The SMILES string of the molecule is O=S(O)CC1CCC2(CCOCC2)CO1. The molecular formula is C10H18O4S. The lowest BCUT2D eigenvalue weighted by molar-refractivity contribution is -0.0983. The summed E-state index contributed by atoms with van der Waals surface area (Å²) in [6, 6.07) is 0. The Morgan fingerprint density at radius 1 is 1.33 bits per heavy atom. The summed E-state index contributed by atoms with van der Waals surface area (Å²) in [6.07, 6.45) is 4.14. The van der Waals surface area contributed by atoms with E-state index in [1.165, 1.54) is 0 Å². The van der Waals surface area contributed by atoms with E-state index in [1.54, 1.807) is 0 Å². The summed E-state index contributed by atoms with van der Waals surface area (Å²) >= 11 is -1.73. The molecule has 4 nitrogen and oxygen atoms in total. The van der Waals surface area contributed by atoms with Gasteiger partial charge in [-0.1, -0.05) is 0 Å². The number of rotatable bonds is 2. The second kappa shape index (κ2) is 4.91. The molecule has 0 bridgehead atoms. The lowest BCUT2D eigenvalue weighted by atomic mass is 9.75. The van der Waals surface area contributed by atoms with Crippen LogP contribution >= 0.6 is 0 Å². The van der Waals surface area contributed by atoms with Crippen molar-refractivity contribution in [3.63, 3.8) is 0 Å². The Morgan fingerprint density at radius 2 is 2.07 bits per heavy atom. The Kier molecular flexibility index (Phi) is 3.77. The molecule has 0 radical (unpaired) electrons. The maximum Gasteiger partial charge on any atom is 0.155 e. The van der Waals surface area contributed by atoms with E-state index >= 15 is 0 Å². The Bertz CT molecular complexity index is 228. The molecule has 0 amide bonds. The topological polar surface area (TPSA) is 55.8 Å². The molecule has 2 aliphatic rings. The maximum absolute atomic E-state index is 10.6. The third kappa shape index (κ3) is 3.00. The number of hydrogen-bond donors (Lipinski definition) is 1. The molecule has 1 spiro atoms. The molecule has 1 N–H and O–H groups in total. The van der Waals surface area contributed by atoms with Crippen molar-refractivity contribution in [2.24, 2.45) is 5.41 Å². The van der Waals surface area contributed by atoms with Crippen LogP contribution in [0.2, 0.25) is 0 Å². The fraction of sp³-hybridized carbons (Fsp3) is 1.00. The summed E-state index contributed by atoms with van der Waals surface area (Å²) in [6.45, 7) is 2.40. The predicted molar refractivity (Wildman–Crippen MR) is 57.1 cm³/mol. The van der Waals surface area contributed by atoms with Gasteiger partial charge in [-0.2, -0.15) is 0 Å². The van der Waals surface area contributed by atoms with Crippen molar-refractivity contribution < 1.29 is 18.2 Å². The van der Waals surface area contributed by atoms with Gasteiger partial charge in [0.2, 0.25) is 0 Å². The van der Waals surface area contributed by atoms with Crippen molar-refractivity contribution in [2.75, 3.05) is 25.6 Å². The van der Waals surface area contributed by atoms with Gasteiger partial charge in [0.15, 0.2) is 11.1 Å². The average Bonchev–Trinajstić information content (AvgIpc) is 2.23. The molecule has 2 atom stereocenters. The van der Waals surface area contributed by atoms with Crippen LogP contribution in [-0.2, 0) is 20.6 Å². The molecule has 2 aliphatic heterocycles. The van der Waals surface area contributed by atoms with Crippen LogP contribution in [0.5, 0.6) is 0 Å². The lowest BCUT2D eigenvalue weighted by Gasteiger charge is -2.42. The van der Waals surface area contributed by atoms with Gasteiger partial charge in [-0.25, -0.2) is 4.21 Å². The number of hydrogen-bond acceptors (Lipinski definition) is 3. The minimum Gasteiger partial charge on any atom is -0.381 e. The molecule has 0 aromatic carbocycles. The van der Waals surface area contributed by atoms with Gasteiger partial charge in [-0.3, -0.25) is 0 Å². The third-order valence-electron chi connectivity index (χ3n) is 3.50. The van der Waals surface area contributed by atoms with Crippen LogP contribution in [0, 0.1) is 5.41 Å². The van der Waals surface area contributed by atoms with Crippen LogP contribution in [0.4, 0.5) is 0 Å². The molecule has 88 valence electrons.